The van der Waals surface area contributed by atoms with Crippen molar-refractivity contribution in [2.45, 2.75) is 6.92 Å². The van der Waals surface area contributed by atoms with Gasteiger partial charge in [0.15, 0.2) is 5.43 Å². The summed E-state index contributed by atoms with van der Waals surface area (Å²) in [5, 5.41) is 22.2. The van der Waals surface area contributed by atoms with E-state index in [1.165, 1.54) is 12.1 Å². The van der Waals surface area contributed by atoms with Crippen molar-refractivity contribution in [1.29, 1.82) is 0 Å². The number of rotatable bonds is 3. The smallest absolute Gasteiger partial charge is 0.411 e. The molecular formula is C18H16N2O5. The third-order valence-electron chi connectivity index (χ3n) is 3.62. The van der Waals surface area contributed by atoms with E-state index in [4.69, 9.17) is 4.74 Å². The summed E-state index contributed by atoms with van der Waals surface area (Å²) in [4.78, 5) is 27.1. The lowest BCUT2D eigenvalue weighted by Crippen LogP contribution is -2.14. The van der Waals surface area contributed by atoms with Crippen LogP contribution in [0.2, 0.25) is 0 Å². The zero-order valence-corrected chi connectivity index (χ0v) is 13.4. The minimum Gasteiger partial charge on any atom is -0.508 e. The molecule has 0 saturated heterocycles. The molecule has 0 bridgehead atoms. The van der Waals surface area contributed by atoms with Crippen molar-refractivity contribution < 1.29 is 19.7 Å². The molecule has 3 rings (SSSR count). The molecule has 4 N–H and O–H groups in total. The Labute approximate surface area is 142 Å². The number of para-hydroxylation sites is 1. The molecule has 7 heteroatoms. The van der Waals surface area contributed by atoms with Crippen LogP contribution in [-0.2, 0) is 4.74 Å². The number of benzene rings is 2. The van der Waals surface area contributed by atoms with Gasteiger partial charge < -0.3 is 19.9 Å². The van der Waals surface area contributed by atoms with Gasteiger partial charge in [0.25, 0.3) is 0 Å². The van der Waals surface area contributed by atoms with Crippen LogP contribution < -0.4 is 10.7 Å². The van der Waals surface area contributed by atoms with E-state index in [9.17, 15) is 19.8 Å². The molecule has 128 valence electrons. The Morgan fingerprint density at radius 1 is 1.20 bits per heavy atom. The minimum atomic E-state index is -0.603. The number of H-pyrrole nitrogens is 1. The number of carbonyl (C=O) groups excluding carboxylic acids is 1. The van der Waals surface area contributed by atoms with Crippen LogP contribution in [0.25, 0.3) is 22.2 Å². The van der Waals surface area contributed by atoms with Crippen molar-refractivity contribution in [3.05, 3.63) is 52.7 Å². The van der Waals surface area contributed by atoms with Gasteiger partial charge in [-0.15, -0.1) is 0 Å². The van der Waals surface area contributed by atoms with Gasteiger partial charge in [-0.2, -0.15) is 0 Å². The summed E-state index contributed by atoms with van der Waals surface area (Å²) >= 11 is 0. The number of nitrogens with one attached hydrogen (secondary N) is 2. The van der Waals surface area contributed by atoms with Gasteiger partial charge in [-0.25, -0.2) is 4.79 Å². The van der Waals surface area contributed by atoms with Crippen molar-refractivity contribution in [3.8, 4) is 22.8 Å². The number of anilines is 1. The Morgan fingerprint density at radius 3 is 2.72 bits per heavy atom. The molecule has 2 aromatic carbocycles. The summed E-state index contributed by atoms with van der Waals surface area (Å²) in [5.74, 6) is -0.475. The summed E-state index contributed by atoms with van der Waals surface area (Å²) in [6.45, 7) is 1.94. The Bertz CT molecular complexity index is 1010. The maximum Gasteiger partial charge on any atom is 0.411 e. The number of fused-ring (bicyclic) bond motifs is 1. The van der Waals surface area contributed by atoms with Crippen LogP contribution in [0.5, 0.6) is 11.5 Å². The van der Waals surface area contributed by atoms with Gasteiger partial charge >= 0.3 is 6.09 Å². The summed E-state index contributed by atoms with van der Waals surface area (Å²) in [7, 11) is 0. The van der Waals surface area contributed by atoms with Crippen molar-refractivity contribution in [2.24, 2.45) is 0 Å². The fraction of sp³-hybridized carbons (Fsp3) is 0.111. The normalized spacial score (nSPS) is 10.6. The largest absolute Gasteiger partial charge is 0.508 e. The summed E-state index contributed by atoms with van der Waals surface area (Å²) in [6, 6.07) is 10.7. The monoisotopic (exact) mass is 340 g/mol. The third kappa shape index (κ3) is 3.25. The lowest BCUT2D eigenvalue weighted by molar-refractivity contribution is 0.168. The minimum absolute atomic E-state index is 0.0809. The van der Waals surface area contributed by atoms with Gasteiger partial charge in [0.05, 0.1) is 28.9 Å². The zero-order chi connectivity index (χ0) is 18.0. The number of ether oxygens (including phenoxy) is 1. The molecule has 1 aromatic heterocycles. The summed E-state index contributed by atoms with van der Waals surface area (Å²) in [5.41, 5.74) is 1.32. The highest BCUT2D eigenvalue weighted by molar-refractivity contribution is 5.93. The number of amides is 1. The average molecular weight is 340 g/mol. The highest BCUT2D eigenvalue weighted by Crippen LogP contribution is 2.30. The standard InChI is InChI=1S/C18H16N2O5/c1-2-25-18(24)20-12-6-4-3-5-11(12)13-9-16(23)17-14(19-13)7-10(21)8-15(17)22/h3-9,21-22H,2H2,1H3,(H,19,23)(H,20,24). The predicted molar refractivity (Wildman–Crippen MR) is 94.0 cm³/mol. The second kappa shape index (κ2) is 6.56. The van der Waals surface area contributed by atoms with Crippen molar-refractivity contribution in [1.82, 2.24) is 4.98 Å². The van der Waals surface area contributed by atoms with Crippen LogP contribution in [0.4, 0.5) is 10.5 Å². The quantitative estimate of drug-likeness (QED) is 0.585. The molecule has 0 unspecified atom stereocenters. The molecule has 3 aromatic rings. The number of hydrogen-bond acceptors (Lipinski definition) is 5. The summed E-state index contributed by atoms with van der Waals surface area (Å²) in [6.07, 6.45) is -0.603. The van der Waals surface area contributed by atoms with Crippen LogP contribution in [0.15, 0.2) is 47.3 Å². The third-order valence-corrected chi connectivity index (χ3v) is 3.62. The SMILES string of the molecule is CCOC(=O)Nc1ccccc1-c1cc(=O)c2c(O)cc(O)cc2[nH]1. The number of hydrogen-bond donors (Lipinski definition) is 4. The molecule has 25 heavy (non-hydrogen) atoms. The fourth-order valence-corrected chi connectivity index (χ4v) is 2.60. The fourth-order valence-electron chi connectivity index (χ4n) is 2.60. The molecule has 0 aliphatic rings. The van der Waals surface area contributed by atoms with Gasteiger partial charge in [-0.05, 0) is 13.0 Å². The molecule has 0 aliphatic carbocycles. The molecule has 0 saturated carbocycles. The first-order valence-electron chi connectivity index (χ1n) is 7.61. The molecule has 7 nitrogen and oxygen atoms in total. The number of carbonyl (C=O) groups is 1. The van der Waals surface area contributed by atoms with Crippen LogP contribution in [0.1, 0.15) is 6.92 Å². The Hall–Kier alpha value is -3.48. The molecule has 0 atom stereocenters. The summed E-state index contributed by atoms with van der Waals surface area (Å²) < 4.78 is 4.87. The van der Waals surface area contributed by atoms with Crippen molar-refractivity contribution in [2.75, 3.05) is 11.9 Å². The topological polar surface area (TPSA) is 112 Å². The van der Waals surface area contributed by atoms with Crippen molar-refractivity contribution in [3.63, 3.8) is 0 Å². The van der Waals surface area contributed by atoms with Crippen LogP contribution in [-0.4, -0.2) is 27.9 Å². The highest BCUT2D eigenvalue weighted by Gasteiger charge is 2.13. The molecule has 0 aliphatic heterocycles. The molecule has 1 heterocycles. The lowest BCUT2D eigenvalue weighted by atomic mass is 10.1. The Kier molecular flexibility index (Phi) is 4.30. The maximum absolute atomic E-state index is 12.4. The Balaban J connectivity index is 2.14. The van der Waals surface area contributed by atoms with Gasteiger partial charge in [0.2, 0.25) is 0 Å². The van der Waals surface area contributed by atoms with E-state index < -0.39 is 11.5 Å². The van der Waals surface area contributed by atoms with Gasteiger partial charge in [-0.3, -0.25) is 10.1 Å². The van der Waals surface area contributed by atoms with E-state index in [-0.39, 0.29) is 29.0 Å². The number of aromatic amines is 1. The first kappa shape index (κ1) is 16.4. The first-order chi connectivity index (χ1) is 12.0. The second-order valence-corrected chi connectivity index (χ2v) is 5.33. The van der Waals surface area contributed by atoms with Crippen LogP contribution in [0.3, 0.4) is 0 Å². The maximum atomic E-state index is 12.4. The van der Waals surface area contributed by atoms with E-state index in [0.29, 0.717) is 16.9 Å². The lowest BCUT2D eigenvalue weighted by Gasteiger charge is -2.12. The van der Waals surface area contributed by atoms with E-state index in [2.05, 4.69) is 10.3 Å². The number of pyridine rings is 1. The van der Waals surface area contributed by atoms with Gasteiger partial charge in [0, 0.05) is 23.8 Å². The van der Waals surface area contributed by atoms with Crippen molar-refractivity contribution >= 4 is 22.7 Å². The van der Waals surface area contributed by atoms with E-state index in [0.717, 1.165) is 6.07 Å². The number of phenolic OH excluding ortho intramolecular Hbond substituents is 2. The molecule has 1 amide bonds. The number of aromatic hydroxyl groups is 2. The molecule has 0 fully saturated rings. The zero-order valence-electron chi connectivity index (χ0n) is 13.4. The van der Waals surface area contributed by atoms with Crippen LogP contribution in [0, 0.1) is 0 Å². The highest BCUT2D eigenvalue weighted by atomic mass is 16.5. The molecule has 0 spiro atoms. The molecular weight excluding hydrogens is 324 g/mol. The average Bonchev–Trinajstić information content (AvgIpc) is 2.54. The predicted octanol–water partition coefficient (Wildman–Crippen LogP) is 3.17. The van der Waals surface area contributed by atoms with Gasteiger partial charge in [0.1, 0.15) is 11.5 Å². The van der Waals surface area contributed by atoms with Crippen LogP contribution >= 0.6 is 0 Å². The van der Waals surface area contributed by atoms with E-state index in [1.807, 2.05) is 0 Å². The Morgan fingerprint density at radius 2 is 1.96 bits per heavy atom. The number of phenols is 2. The second-order valence-electron chi connectivity index (χ2n) is 5.33. The van der Waals surface area contributed by atoms with E-state index >= 15 is 0 Å². The van der Waals surface area contributed by atoms with Gasteiger partial charge in [-0.1, -0.05) is 18.2 Å². The van der Waals surface area contributed by atoms with E-state index in [1.54, 1.807) is 31.2 Å². The first-order valence-corrected chi connectivity index (χ1v) is 7.61. The molecule has 0 radical (unpaired) electrons. The number of aromatic nitrogens is 1.